The fourth-order valence-electron chi connectivity index (χ4n) is 4.08. The van der Waals surface area contributed by atoms with Gasteiger partial charge in [0, 0.05) is 30.7 Å². The maximum Gasteiger partial charge on any atom is 0.0309 e. The largest absolute Gasteiger partial charge is 0.308 e. The van der Waals surface area contributed by atoms with Gasteiger partial charge in [0.05, 0.1) is 0 Å². The lowest BCUT2D eigenvalue weighted by Gasteiger charge is -2.53. The van der Waals surface area contributed by atoms with E-state index in [-0.39, 0.29) is 0 Å². The summed E-state index contributed by atoms with van der Waals surface area (Å²) in [6.07, 6.45) is 10.6. The van der Waals surface area contributed by atoms with Crippen LogP contribution in [0.15, 0.2) is 0 Å². The molecule has 118 valence electrons. The van der Waals surface area contributed by atoms with Gasteiger partial charge in [0.15, 0.2) is 0 Å². The molecule has 0 aromatic carbocycles. The summed E-state index contributed by atoms with van der Waals surface area (Å²) in [5.74, 6) is 2.04. The lowest BCUT2D eigenvalue weighted by molar-refractivity contribution is 0.0102. The fourth-order valence-corrected chi connectivity index (χ4v) is 4.66. The molecule has 1 saturated carbocycles. The van der Waals surface area contributed by atoms with Crippen LogP contribution < -0.4 is 5.32 Å². The van der Waals surface area contributed by atoms with Crippen LogP contribution in [0.1, 0.15) is 59.3 Å². The van der Waals surface area contributed by atoms with E-state index in [0.29, 0.717) is 5.54 Å². The standard InChI is InChI=1S/C17H34N2S/c1-14(2)16-12-18-17(9-6-5-7-10-17)13-19(16)15(3)8-11-20-4/h14-16,18H,5-13H2,1-4H3. The molecule has 2 aliphatic rings. The van der Waals surface area contributed by atoms with Gasteiger partial charge in [0.1, 0.15) is 0 Å². The van der Waals surface area contributed by atoms with Crippen molar-refractivity contribution in [1.82, 2.24) is 10.2 Å². The lowest BCUT2D eigenvalue weighted by atomic mass is 9.78. The molecule has 2 unspecified atom stereocenters. The molecule has 2 atom stereocenters. The molecule has 0 amide bonds. The van der Waals surface area contributed by atoms with Gasteiger partial charge < -0.3 is 5.32 Å². The second kappa shape index (κ2) is 7.51. The van der Waals surface area contributed by atoms with E-state index in [4.69, 9.17) is 0 Å². The van der Waals surface area contributed by atoms with E-state index in [2.05, 4.69) is 37.2 Å². The van der Waals surface area contributed by atoms with Crippen molar-refractivity contribution in [3.63, 3.8) is 0 Å². The van der Waals surface area contributed by atoms with Crippen molar-refractivity contribution in [3.05, 3.63) is 0 Å². The van der Waals surface area contributed by atoms with Gasteiger partial charge >= 0.3 is 0 Å². The maximum absolute atomic E-state index is 3.96. The predicted octanol–water partition coefficient (Wildman–Crippen LogP) is 3.76. The minimum Gasteiger partial charge on any atom is -0.308 e. The van der Waals surface area contributed by atoms with Gasteiger partial charge in [0.2, 0.25) is 0 Å². The van der Waals surface area contributed by atoms with E-state index >= 15 is 0 Å². The monoisotopic (exact) mass is 298 g/mol. The summed E-state index contributed by atoms with van der Waals surface area (Å²) < 4.78 is 0. The third-order valence-corrected chi connectivity index (χ3v) is 6.13. The molecule has 1 aliphatic carbocycles. The molecule has 1 spiro atoms. The second-order valence-electron chi connectivity index (χ2n) is 7.34. The van der Waals surface area contributed by atoms with E-state index in [1.165, 1.54) is 57.4 Å². The number of nitrogens with zero attached hydrogens (tertiary/aromatic N) is 1. The Kier molecular flexibility index (Phi) is 6.25. The predicted molar refractivity (Wildman–Crippen MR) is 91.6 cm³/mol. The quantitative estimate of drug-likeness (QED) is 0.832. The number of hydrogen-bond donors (Lipinski definition) is 1. The normalized spacial score (nSPS) is 28.9. The van der Waals surface area contributed by atoms with Crippen LogP contribution in [-0.2, 0) is 0 Å². The molecule has 1 N–H and O–H groups in total. The summed E-state index contributed by atoms with van der Waals surface area (Å²) in [7, 11) is 0. The fraction of sp³-hybridized carbons (Fsp3) is 1.00. The molecule has 2 nitrogen and oxygen atoms in total. The highest BCUT2D eigenvalue weighted by Gasteiger charge is 2.41. The van der Waals surface area contributed by atoms with Gasteiger partial charge in [-0.3, -0.25) is 4.90 Å². The van der Waals surface area contributed by atoms with Gasteiger partial charge in [-0.25, -0.2) is 0 Å². The van der Waals surface area contributed by atoms with Crippen molar-refractivity contribution >= 4 is 11.8 Å². The topological polar surface area (TPSA) is 15.3 Å². The highest BCUT2D eigenvalue weighted by molar-refractivity contribution is 7.98. The molecule has 1 saturated heterocycles. The number of piperazine rings is 1. The lowest BCUT2D eigenvalue weighted by Crippen LogP contribution is -2.67. The first-order valence-electron chi connectivity index (χ1n) is 8.58. The molecule has 0 bridgehead atoms. The van der Waals surface area contributed by atoms with Crippen molar-refractivity contribution in [2.24, 2.45) is 5.92 Å². The van der Waals surface area contributed by atoms with E-state index in [1.54, 1.807) is 0 Å². The Morgan fingerprint density at radius 3 is 2.50 bits per heavy atom. The Hall–Kier alpha value is 0.270. The summed E-state index contributed by atoms with van der Waals surface area (Å²) >= 11 is 1.99. The third kappa shape index (κ3) is 3.92. The van der Waals surface area contributed by atoms with Crippen molar-refractivity contribution < 1.29 is 0 Å². The zero-order valence-corrected chi connectivity index (χ0v) is 14.8. The van der Waals surface area contributed by atoms with E-state index < -0.39 is 0 Å². The molecule has 3 heteroatoms. The minimum absolute atomic E-state index is 0.442. The van der Waals surface area contributed by atoms with Crippen molar-refractivity contribution in [2.45, 2.75) is 76.9 Å². The first kappa shape index (κ1) is 16.6. The average molecular weight is 299 g/mol. The summed E-state index contributed by atoms with van der Waals surface area (Å²) in [6.45, 7) is 9.71. The van der Waals surface area contributed by atoms with Crippen LogP contribution >= 0.6 is 11.8 Å². The number of hydrogen-bond acceptors (Lipinski definition) is 3. The van der Waals surface area contributed by atoms with Crippen LogP contribution in [0.25, 0.3) is 0 Å². The Balaban J connectivity index is 2.04. The molecule has 0 radical (unpaired) electrons. The zero-order valence-electron chi connectivity index (χ0n) is 14.0. The van der Waals surface area contributed by atoms with Crippen LogP contribution in [-0.4, -0.2) is 47.6 Å². The Morgan fingerprint density at radius 1 is 1.20 bits per heavy atom. The Labute approximate surface area is 130 Å². The van der Waals surface area contributed by atoms with Gasteiger partial charge in [0.25, 0.3) is 0 Å². The first-order chi connectivity index (χ1) is 9.58. The number of nitrogens with one attached hydrogen (secondary N) is 1. The molecule has 2 rings (SSSR count). The maximum atomic E-state index is 3.96. The van der Waals surface area contributed by atoms with Crippen LogP contribution in [0.4, 0.5) is 0 Å². The SMILES string of the molecule is CSCCC(C)N1CC2(CCCCC2)NCC1C(C)C. The minimum atomic E-state index is 0.442. The van der Waals surface area contributed by atoms with Crippen molar-refractivity contribution in [3.8, 4) is 0 Å². The summed E-state index contributed by atoms with van der Waals surface area (Å²) in [6, 6.07) is 1.45. The highest BCUT2D eigenvalue weighted by Crippen LogP contribution is 2.34. The van der Waals surface area contributed by atoms with Crippen LogP contribution in [0.3, 0.4) is 0 Å². The van der Waals surface area contributed by atoms with Gasteiger partial charge in [-0.2, -0.15) is 11.8 Å². The zero-order chi connectivity index (χ0) is 14.6. The van der Waals surface area contributed by atoms with Gasteiger partial charge in [-0.05, 0) is 44.1 Å². The second-order valence-corrected chi connectivity index (χ2v) is 8.32. The van der Waals surface area contributed by atoms with E-state index in [1.807, 2.05) is 11.8 Å². The van der Waals surface area contributed by atoms with Crippen molar-refractivity contribution in [2.75, 3.05) is 25.1 Å². The molecular weight excluding hydrogens is 264 g/mol. The molecule has 0 aromatic heterocycles. The summed E-state index contributed by atoms with van der Waals surface area (Å²) in [4.78, 5) is 2.85. The highest BCUT2D eigenvalue weighted by atomic mass is 32.2. The molecule has 0 aromatic rings. The van der Waals surface area contributed by atoms with Crippen LogP contribution in [0.5, 0.6) is 0 Å². The molecule has 1 heterocycles. The number of thioether (sulfide) groups is 1. The van der Waals surface area contributed by atoms with E-state index in [0.717, 1.165) is 18.0 Å². The van der Waals surface area contributed by atoms with E-state index in [9.17, 15) is 0 Å². The molecule has 20 heavy (non-hydrogen) atoms. The first-order valence-corrected chi connectivity index (χ1v) is 9.97. The summed E-state index contributed by atoms with van der Waals surface area (Å²) in [5.41, 5.74) is 0.442. The Morgan fingerprint density at radius 2 is 1.90 bits per heavy atom. The molecule has 1 aliphatic heterocycles. The molecule has 2 fully saturated rings. The van der Waals surface area contributed by atoms with Crippen LogP contribution in [0.2, 0.25) is 0 Å². The van der Waals surface area contributed by atoms with Crippen molar-refractivity contribution in [1.29, 1.82) is 0 Å². The smallest absolute Gasteiger partial charge is 0.0309 e. The summed E-state index contributed by atoms with van der Waals surface area (Å²) in [5, 5.41) is 3.96. The van der Waals surface area contributed by atoms with Crippen LogP contribution in [0, 0.1) is 5.92 Å². The van der Waals surface area contributed by atoms with Gasteiger partial charge in [-0.15, -0.1) is 0 Å². The third-order valence-electron chi connectivity index (χ3n) is 5.48. The average Bonchev–Trinajstić information content (AvgIpc) is 2.45. The number of rotatable bonds is 5. The van der Waals surface area contributed by atoms with Gasteiger partial charge in [-0.1, -0.05) is 33.1 Å². The molecular formula is C17H34N2S. The Bertz CT molecular complexity index is 287.